The number of methoxy groups -OCH3 is 1. The lowest BCUT2D eigenvalue weighted by atomic mass is 9.98. The molecule has 2 heterocycles. The molecule has 1 N–H and O–H groups in total. The van der Waals surface area contributed by atoms with Crippen molar-refractivity contribution in [2.75, 3.05) is 19.0 Å². The summed E-state index contributed by atoms with van der Waals surface area (Å²) in [5, 5.41) is 11.2. The van der Waals surface area contributed by atoms with Crippen LogP contribution < -0.4 is 14.8 Å². The quantitative estimate of drug-likeness (QED) is 0.131. The Kier molecular flexibility index (Phi) is 10.9. The fraction of sp³-hybridized carbons (Fsp3) is 0.259. The number of allylic oxidation sites excluding steroid dienone is 3. The molecule has 206 valence electrons. The van der Waals surface area contributed by atoms with Gasteiger partial charge in [0, 0.05) is 22.4 Å². The van der Waals surface area contributed by atoms with Crippen LogP contribution in [0.2, 0.25) is 0 Å². The average molecular weight is 588 g/mol. The van der Waals surface area contributed by atoms with Gasteiger partial charge in [0.1, 0.15) is 18.2 Å². The summed E-state index contributed by atoms with van der Waals surface area (Å²) in [5.41, 5.74) is 3.33. The highest BCUT2D eigenvalue weighted by molar-refractivity contribution is 8.72. The second-order valence-electron chi connectivity index (χ2n) is 8.30. The van der Waals surface area contributed by atoms with E-state index in [1.54, 1.807) is 19.1 Å². The van der Waals surface area contributed by atoms with Crippen molar-refractivity contribution in [1.82, 2.24) is 15.2 Å². The third-order valence-corrected chi connectivity index (χ3v) is 8.10. The van der Waals surface area contributed by atoms with E-state index in [1.165, 1.54) is 25.4 Å². The largest absolute Gasteiger partial charge is 0.496 e. The summed E-state index contributed by atoms with van der Waals surface area (Å²) in [6.45, 7) is 7.87. The van der Waals surface area contributed by atoms with Crippen LogP contribution in [-0.2, 0) is 0 Å². The van der Waals surface area contributed by atoms with E-state index < -0.39 is 21.3 Å². The molecule has 2 aromatic heterocycles. The van der Waals surface area contributed by atoms with Crippen molar-refractivity contribution < 1.29 is 18.7 Å². The summed E-state index contributed by atoms with van der Waals surface area (Å²) < 4.78 is 35.8. The number of ether oxygens (including phenoxy) is 2. The lowest BCUT2D eigenvalue weighted by Crippen LogP contribution is -2.14. The summed E-state index contributed by atoms with van der Waals surface area (Å²) >= 11 is 5.20. The molecule has 1 aromatic carbocycles. The van der Waals surface area contributed by atoms with Gasteiger partial charge in [-0.15, -0.1) is 5.10 Å². The number of rotatable bonds is 10. The lowest BCUT2D eigenvalue weighted by Gasteiger charge is -2.14. The predicted molar refractivity (Wildman–Crippen MR) is 160 cm³/mol. The summed E-state index contributed by atoms with van der Waals surface area (Å²) in [6, 6.07) is 6.11. The number of aryl methyl sites for hydroxylation is 1. The second kappa shape index (κ2) is 14.1. The second-order valence-corrected chi connectivity index (χ2v) is 11.5. The Hall–Kier alpha value is -3.44. The van der Waals surface area contributed by atoms with E-state index in [0.29, 0.717) is 17.0 Å². The Morgan fingerprint density at radius 2 is 2.08 bits per heavy atom. The Labute approximate surface area is 238 Å². The van der Waals surface area contributed by atoms with Crippen LogP contribution >= 0.6 is 32.6 Å². The van der Waals surface area contributed by atoms with Gasteiger partial charge in [0.25, 0.3) is 11.1 Å². The van der Waals surface area contributed by atoms with E-state index >= 15 is 0 Å². The number of nitrogens with zero attached hydrogens (tertiary/aromatic N) is 4. The molecule has 12 heteroatoms. The van der Waals surface area contributed by atoms with Crippen molar-refractivity contribution in [1.29, 1.82) is 4.61 Å². The van der Waals surface area contributed by atoms with Crippen molar-refractivity contribution in [3.8, 4) is 22.1 Å². The number of halogens is 1. The monoisotopic (exact) mass is 587 g/mol. The number of carbonyl (C=O) groups is 1. The average Bonchev–Trinajstić information content (AvgIpc) is 3.36. The first kappa shape index (κ1) is 30.1. The molecule has 39 heavy (non-hydrogen) atoms. The van der Waals surface area contributed by atoms with Crippen molar-refractivity contribution in [2.24, 2.45) is 0 Å². The third kappa shape index (κ3) is 7.79. The van der Waals surface area contributed by atoms with E-state index in [4.69, 9.17) is 9.47 Å². The number of benzene rings is 1. The number of pyridine rings is 1. The van der Waals surface area contributed by atoms with Gasteiger partial charge in [0.05, 0.1) is 18.2 Å². The van der Waals surface area contributed by atoms with Gasteiger partial charge in [-0.05, 0) is 77.9 Å². The number of hydrogen-bond donors (Lipinski definition) is 3. The molecule has 1 amide bonds. The molecular weight excluding hydrogens is 558 g/mol. The van der Waals surface area contributed by atoms with Gasteiger partial charge in [-0.25, -0.2) is 9.00 Å². The number of nitrogens with one attached hydrogen (secondary N) is 1. The van der Waals surface area contributed by atoms with Crippen LogP contribution in [0.25, 0.3) is 11.1 Å². The third-order valence-electron chi connectivity index (χ3n) is 5.79. The summed E-state index contributed by atoms with van der Waals surface area (Å²) in [4.78, 5) is 18.2. The number of hydrogen-bond acceptors (Lipinski definition) is 9. The molecule has 8 nitrogen and oxygen atoms in total. The highest BCUT2D eigenvalue weighted by atomic mass is 33.1. The van der Waals surface area contributed by atoms with E-state index in [0.717, 1.165) is 33.8 Å². The standard InChI is InChI=1S/C27H30FN5O3S3/c1-6-16(3)18(11-12-19(7-2)39(29)37)15-36-27-33-32-26(38-27)31-25(34)21-14-30-17(4)13-20(21)24-22(28)9-8-10-23(24)35-5/h7-14,37,39H,6,15H2,1-5H3,(H,31,32,34)/b12-11-,18-16+,19-7+. The topological polar surface area (TPSA) is 110 Å². The van der Waals surface area contributed by atoms with Gasteiger partial charge in [0.2, 0.25) is 5.13 Å². The zero-order chi connectivity index (χ0) is 28.5. The molecule has 3 aromatic rings. The zero-order valence-electron chi connectivity index (χ0n) is 22.2. The Bertz CT molecular complexity index is 1520. The molecule has 1 atom stereocenters. The molecule has 0 aliphatic rings. The van der Waals surface area contributed by atoms with E-state index in [2.05, 4.69) is 32.2 Å². The number of amides is 1. The van der Waals surface area contributed by atoms with Gasteiger partial charge < -0.3 is 9.47 Å². The molecule has 0 bridgehead atoms. The minimum Gasteiger partial charge on any atom is -0.496 e. The van der Waals surface area contributed by atoms with Gasteiger partial charge >= 0.3 is 0 Å². The summed E-state index contributed by atoms with van der Waals surface area (Å²) in [5.74, 6) is -0.748. The fourth-order valence-corrected chi connectivity index (χ4v) is 5.09. The van der Waals surface area contributed by atoms with Gasteiger partial charge in [-0.2, -0.15) is 0 Å². The molecule has 1 unspecified atom stereocenters. The first-order valence-electron chi connectivity index (χ1n) is 12.0. The highest BCUT2D eigenvalue weighted by Gasteiger charge is 2.21. The molecular formula is C27H30FN5O3S3. The fourth-order valence-electron chi connectivity index (χ4n) is 3.51. The number of aromatic nitrogens is 3. The molecule has 0 fully saturated rings. The maximum Gasteiger partial charge on any atom is 0.296 e. The van der Waals surface area contributed by atoms with E-state index in [-0.39, 0.29) is 28.1 Å². The molecule has 0 saturated heterocycles. The maximum atomic E-state index is 14.8. The van der Waals surface area contributed by atoms with Crippen LogP contribution in [0.5, 0.6) is 10.9 Å². The molecule has 0 saturated carbocycles. The van der Waals surface area contributed by atoms with Crippen LogP contribution in [0.4, 0.5) is 9.52 Å². The van der Waals surface area contributed by atoms with Crippen LogP contribution in [0.15, 0.2) is 64.7 Å². The van der Waals surface area contributed by atoms with Crippen LogP contribution in [-0.4, -0.2) is 34.8 Å². The van der Waals surface area contributed by atoms with Crippen molar-refractivity contribution in [3.05, 3.63) is 81.8 Å². The highest BCUT2D eigenvalue weighted by Crippen LogP contribution is 2.35. The SMILES string of the molecule is C\C=C(/C=C\C(COc1nnc(NC(=O)c2cnc(C)cc2-c2c(F)cccc2OC)s1)=C(\C)CC)[SH](#N)S. The van der Waals surface area contributed by atoms with Crippen LogP contribution in [0, 0.1) is 17.3 Å². The molecule has 3 rings (SSSR count). The molecule has 0 radical (unpaired) electrons. The Morgan fingerprint density at radius 1 is 1.31 bits per heavy atom. The van der Waals surface area contributed by atoms with Crippen LogP contribution in [0.3, 0.4) is 0 Å². The normalized spacial score (nSPS) is 13.2. The van der Waals surface area contributed by atoms with Gasteiger partial charge in [-0.3, -0.25) is 15.1 Å². The van der Waals surface area contributed by atoms with Crippen molar-refractivity contribution in [2.45, 2.75) is 34.1 Å². The molecule has 0 aliphatic carbocycles. The van der Waals surface area contributed by atoms with Gasteiger partial charge in [0.15, 0.2) is 0 Å². The number of thiol groups is 2. The minimum atomic E-state index is -1.51. The summed E-state index contributed by atoms with van der Waals surface area (Å²) in [7, 11) is -0.0657. The number of carbonyl (C=O) groups excluding carboxylic acids is 1. The Balaban J connectivity index is 1.79. The van der Waals surface area contributed by atoms with E-state index in [9.17, 15) is 13.8 Å². The first-order chi connectivity index (χ1) is 18.7. The predicted octanol–water partition coefficient (Wildman–Crippen LogP) is 7.20. The lowest BCUT2D eigenvalue weighted by molar-refractivity contribution is 0.102. The first-order valence-corrected chi connectivity index (χ1v) is 15.2. The maximum absolute atomic E-state index is 14.8. The van der Waals surface area contributed by atoms with E-state index in [1.807, 2.05) is 39.0 Å². The Morgan fingerprint density at radius 3 is 2.74 bits per heavy atom. The summed E-state index contributed by atoms with van der Waals surface area (Å²) in [6.07, 6.45) is 7.73. The van der Waals surface area contributed by atoms with Crippen LogP contribution in [0.1, 0.15) is 43.2 Å². The molecule has 0 spiro atoms. The van der Waals surface area contributed by atoms with Crippen molar-refractivity contribution >= 4 is 43.6 Å². The minimum absolute atomic E-state index is 0.156. The molecule has 0 aliphatic heterocycles. The van der Waals surface area contributed by atoms with Crippen molar-refractivity contribution in [3.63, 3.8) is 0 Å². The zero-order valence-corrected chi connectivity index (χ0v) is 24.8. The van der Waals surface area contributed by atoms with Gasteiger partial charge in [-0.1, -0.05) is 47.5 Å². The smallest absolute Gasteiger partial charge is 0.296 e. The number of anilines is 1.